The van der Waals surface area contributed by atoms with Gasteiger partial charge in [-0.25, -0.2) is 0 Å². The van der Waals surface area contributed by atoms with Crippen molar-refractivity contribution in [3.63, 3.8) is 0 Å². The van der Waals surface area contributed by atoms with Crippen LogP contribution in [0.2, 0.25) is 13.1 Å². The lowest BCUT2D eigenvalue weighted by Crippen LogP contribution is -2.42. The van der Waals surface area contributed by atoms with E-state index in [9.17, 15) is 0 Å². The molecular formula is C33H41NOSi. The van der Waals surface area contributed by atoms with E-state index in [0.29, 0.717) is 5.54 Å². The molecule has 3 heteroatoms. The summed E-state index contributed by atoms with van der Waals surface area (Å²) in [5, 5.41) is 0. The van der Waals surface area contributed by atoms with Crippen LogP contribution in [0.1, 0.15) is 76.3 Å². The van der Waals surface area contributed by atoms with Gasteiger partial charge < -0.3 is 4.43 Å². The maximum atomic E-state index is 6.96. The Bertz CT molecular complexity index is 1310. The summed E-state index contributed by atoms with van der Waals surface area (Å²) in [6.45, 7) is 20.1. The summed E-state index contributed by atoms with van der Waals surface area (Å²) >= 11 is 0. The molecule has 0 spiro atoms. The van der Waals surface area contributed by atoms with Gasteiger partial charge in [0.25, 0.3) is 8.32 Å². The predicted octanol–water partition coefficient (Wildman–Crippen LogP) is 9.19. The van der Waals surface area contributed by atoms with Crippen LogP contribution in [0.3, 0.4) is 0 Å². The van der Waals surface area contributed by atoms with E-state index in [1.165, 1.54) is 33.4 Å². The zero-order chi connectivity index (χ0) is 26.3. The minimum Gasteiger partial charge on any atom is -0.543 e. The van der Waals surface area contributed by atoms with Gasteiger partial charge in [-0.2, -0.15) is 0 Å². The molecule has 1 aliphatic carbocycles. The highest BCUT2D eigenvalue weighted by atomic mass is 28.4. The molecule has 0 aliphatic heterocycles. The summed E-state index contributed by atoms with van der Waals surface area (Å²) in [5.41, 5.74) is 10.7. The molecule has 0 bridgehead atoms. The van der Waals surface area contributed by atoms with Crippen molar-refractivity contribution in [2.24, 2.45) is 4.99 Å². The van der Waals surface area contributed by atoms with E-state index < -0.39 is 8.32 Å². The van der Waals surface area contributed by atoms with Crippen LogP contribution in [0.15, 0.2) is 77.3 Å². The normalized spacial score (nSPS) is 16.2. The molecule has 188 valence electrons. The van der Waals surface area contributed by atoms with Gasteiger partial charge in [0.15, 0.2) is 0 Å². The van der Waals surface area contributed by atoms with E-state index in [1.807, 2.05) is 0 Å². The number of fused-ring (bicyclic) bond motifs is 1. The summed E-state index contributed by atoms with van der Waals surface area (Å²) in [5.74, 6) is 0.950. The first-order valence-electron chi connectivity index (χ1n) is 13.1. The number of para-hydroxylation sites is 1. The average molecular weight is 496 g/mol. The minimum absolute atomic E-state index is 0.153. The van der Waals surface area contributed by atoms with Crippen molar-refractivity contribution in [2.45, 2.75) is 78.6 Å². The summed E-state index contributed by atoms with van der Waals surface area (Å²) in [6, 6.07) is 24.5. The van der Waals surface area contributed by atoms with Crippen LogP contribution in [-0.4, -0.2) is 20.1 Å². The first kappa shape index (κ1) is 26.2. The summed E-state index contributed by atoms with van der Waals surface area (Å²) in [6.07, 6.45) is 2.39. The van der Waals surface area contributed by atoms with Gasteiger partial charge in [0.05, 0.1) is 0 Å². The molecule has 2 nitrogen and oxygen atoms in total. The van der Waals surface area contributed by atoms with Gasteiger partial charge in [-0.3, -0.25) is 4.99 Å². The van der Waals surface area contributed by atoms with Crippen molar-refractivity contribution in [1.82, 2.24) is 0 Å². The Morgan fingerprint density at radius 2 is 1.58 bits per heavy atom. The zero-order valence-electron chi connectivity index (χ0n) is 23.4. The second kappa shape index (κ2) is 9.86. The summed E-state index contributed by atoms with van der Waals surface area (Å²) in [7, 11) is -2.22. The van der Waals surface area contributed by atoms with Gasteiger partial charge in [-0.1, -0.05) is 87.0 Å². The van der Waals surface area contributed by atoms with Crippen molar-refractivity contribution in [1.29, 1.82) is 0 Å². The number of hydrogen-bond donors (Lipinski definition) is 0. The summed E-state index contributed by atoms with van der Waals surface area (Å²) < 4.78 is 6.96. The minimum atomic E-state index is -2.22. The highest BCUT2D eigenvalue weighted by Crippen LogP contribution is 2.46. The molecule has 0 N–H and O–H groups in total. The van der Waals surface area contributed by atoms with Crippen LogP contribution in [-0.2, 0) is 5.41 Å². The maximum absolute atomic E-state index is 6.96. The van der Waals surface area contributed by atoms with E-state index in [4.69, 9.17) is 9.42 Å². The van der Waals surface area contributed by atoms with Crippen LogP contribution < -0.4 is 4.43 Å². The summed E-state index contributed by atoms with van der Waals surface area (Å²) in [4.78, 5) is 4.79. The lowest BCUT2D eigenvalue weighted by Gasteiger charge is -2.33. The van der Waals surface area contributed by atoms with Crippen LogP contribution in [0.25, 0.3) is 17.2 Å². The fourth-order valence-corrected chi connectivity index (χ4v) is 8.57. The fraction of sp³-hybridized carbons (Fsp3) is 0.364. The third-order valence-electron chi connectivity index (χ3n) is 7.14. The molecule has 36 heavy (non-hydrogen) atoms. The molecule has 0 radical (unpaired) electrons. The number of aliphatic imine (C=N–C) groups is 1. The zero-order valence-corrected chi connectivity index (χ0v) is 24.4. The molecule has 0 saturated heterocycles. The molecule has 0 heterocycles. The number of benzene rings is 3. The quantitative estimate of drug-likeness (QED) is 0.247. The van der Waals surface area contributed by atoms with Crippen molar-refractivity contribution < 1.29 is 4.43 Å². The topological polar surface area (TPSA) is 21.6 Å². The van der Waals surface area contributed by atoms with Crippen LogP contribution in [0.4, 0.5) is 0 Å². The average Bonchev–Trinajstić information content (AvgIpc) is 3.15. The highest BCUT2D eigenvalue weighted by molar-refractivity contribution is 6.74. The Balaban J connectivity index is 1.70. The monoisotopic (exact) mass is 495 g/mol. The SMILES string of the molecule is CC1=Cc2c(-c3ccc(C(C)(C)C)cc3)cccc2C1[Si](C)(C)Oc1ccccc1C(C)=NC(C)C. The Labute approximate surface area is 219 Å². The van der Waals surface area contributed by atoms with E-state index in [2.05, 4.69) is 134 Å². The Kier molecular flexibility index (Phi) is 7.16. The third kappa shape index (κ3) is 5.27. The van der Waals surface area contributed by atoms with Gasteiger partial charge in [0, 0.05) is 22.9 Å². The first-order valence-corrected chi connectivity index (χ1v) is 16.1. The molecule has 0 amide bonds. The first-order chi connectivity index (χ1) is 16.9. The number of nitrogens with zero attached hydrogens (tertiary/aromatic N) is 1. The van der Waals surface area contributed by atoms with Gasteiger partial charge in [0.2, 0.25) is 0 Å². The predicted molar refractivity (Wildman–Crippen MR) is 159 cm³/mol. The lowest BCUT2D eigenvalue weighted by molar-refractivity contribution is 0.536. The molecule has 0 fully saturated rings. The fourth-order valence-electron chi connectivity index (χ4n) is 5.53. The van der Waals surface area contributed by atoms with Crippen molar-refractivity contribution in [2.75, 3.05) is 0 Å². The van der Waals surface area contributed by atoms with E-state index >= 15 is 0 Å². The van der Waals surface area contributed by atoms with Gasteiger partial charge >= 0.3 is 0 Å². The molecule has 1 unspecified atom stereocenters. The van der Waals surface area contributed by atoms with E-state index in [1.54, 1.807) is 0 Å². The van der Waals surface area contributed by atoms with Crippen LogP contribution >= 0.6 is 0 Å². The second-order valence-electron chi connectivity index (χ2n) is 12.0. The molecular weight excluding hydrogens is 454 g/mol. The molecule has 1 atom stereocenters. The van der Waals surface area contributed by atoms with Crippen LogP contribution in [0, 0.1) is 0 Å². The number of rotatable bonds is 6. The van der Waals surface area contributed by atoms with Crippen molar-refractivity contribution in [3.8, 4) is 16.9 Å². The molecule has 0 saturated carbocycles. The molecule has 3 aromatic rings. The molecule has 3 aromatic carbocycles. The van der Waals surface area contributed by atoms with E-state index in [0.717, 1.165) is 17.0 Å². The van der Waals surface area contributed by atoms with Gasteiger partial charge in [-0.15, -0.1) is 0 Å². The van der Waals surface area contributed by atoms with E-state index in [-0.39, 0.29) is 11.5 Å². The standard InChI is InChI=1S/C33H41NOSi/c1-22(2)34-24(4)27-13-10-11-16-31(27)35-36(8,9)32-23(3)21-30-28(14-12-15-29(30)32)25-17-19-26(20-18-25)33(5,6)7/h10-22,32H,1-9H3. The number of allylic oxidation sites excluding steroid dienone is 1. The van der Waals surface area contributed by atoms with Crippen molar-refractivity contribution in [3.05, 3.63) is 94.6 Å². The largest absolute Gasteiger partial charge is 0.543 e. The molecule has 1 aliphatic rings. The Hall–Kier alpha value is -2.91. The van der Waals surface area contributed by atoms with Gasteiger partial charge in [0.1, 0.15) is 5.75 Å². The van der Waals surface area contributed by atoms with Crippen molar-refractivity contribution >= 4 is 20.1 Å². The van der Waals surface area contributed by atoms with Crippen LogP contribution in [0.5, 0.6) is 5.75 Å². The third-order valence-corrected chi connectivity index (χ3v) is 10.0. The van der Waals surface area contributed by atoms with Gasteiger partial charge in [-0.05, 0) is 86.2 Å². The number of hydrogen-bond acceptors (Lipinski definition) is 2. The maximum Gasteiger partial charge on any atom is 0.256 e. The smallest absolute Gasteiger partial charge is 0.256 e. The highest BCUT2D eigenvalue weighted by Gasteiger charge is 2.42. The molecule has 4 rings (SSSR count). The second-order valence-corrected chi connectivity index (χ2v) is 16.0. The molecule has 0 aromatic heterocycles. The Morgan fingerprint density at radius 3 is 2.22 bits per heavy atom. The lowest BCUT2D eigenvalue weighted by atomic mass is 9.86. The Morgan fingerprint density at radius 1 is 0.917 bits per heavy atom.